The summed E-state index contributed by atoms with van der Waals surface area (Å²) in [4.78, 5) is 25.9. The van der Waals surface area contributed by atoms with E-state index >= 15 is 0 Å². The molecule has 0 saturated heterocycles. The molecule has 1 atom stereocenters. The molecule has 0 fully saturated rings. The van der Waals surface area contributed by atoms with Crippen LogP contribution in [0.4, 0.5) is 13.2 Å². The van der Waals surface area contributed by atoms with Gasteiger partial charge in [0.05, 0.1) is 5.56 Å². The number of benzene rings is 3. The van der Waals surface area contributed by atoms with Crippen LogP contribution in [0, 0.1) is 5.92 Å². The third-order valence-corrected chi connectivity index (χ3v) is 7.10. The molecule has 3 aromatic carbocycles. The topological polar surface area (TPSA) is 66.8 Å². The number of nitrogens with zero attached hydrogens (tertiary/aromatic N) is 1. The maximum absolute atomic E-state index is 13.3. The lowest BCUT2D eigenvalue weighted by molar-refractivity contribution is -0.138. The van der Waals surface area contributed by atoms with E-state index in [1.165, 1.54) is 23.3 Å². The van der Waals surface area contributed by atoms with Crippen LogP contribution in [0.1, 0.15) is 65.4 Å². The van der Waals surface area contributed by atoms with E-state index in [2.05, 4.69) is 45.0 Å². The van der Waals surface area contributed by atoms with Gasteiger partial charge in [0.2, 0.25) is 0 Å². The Labute approximate surface area is 232 Å². The van der Waals surface area contributed by atoms with E-state index in [-0.39, 0.29) is 6.54 Å². The van der Waals surface area contributed by atoms with Gasteiger partial charge in [-0.3, -0.25) is 9.59 Å². The minimum absolute atomic E-state index is 0.134. The molecule has 40 heavy (non-hydrogen) atoms. The SMILES string of the molecule is CC(C)Cc1ccc(CC2(C)CCc3cc(C(=O)N(CC(=O)O)Cc4ccc(C(F)(F)F)cc4)ccc3O2)cc1. The number of hydrogen-bond acceptors (Lipinski definition) is 3. The summed E-state index contributed by atoms with van der Waals surface area (Å²) >= 11 is 0. The first-order valence-corrected chi connectivity index (χ1v) is 13.4. The maximum atomic E-state index is 13.3. The zero-order valence-electron chi connectivity index (χ0n) is 22.9. The van der Waals surface area contributed by atoms with Crippen molar-refractivity contribution in [2.45, 2.75) is 64.8 Å². The van der Waals surface area contributed by atoms with Crippen LogP contribution in [0.3, 0.4) is 0 Å². The third-order valence-electron chi connectivity index (χ3n) is 7.10. The molecule has 1 N–H and O–H groups in total. The third kappa shape index (κ3) is 7.43. The van der Waals surface area contributed by atoms with Crippen molar-refractivity contribution < 1.29 is 32.6 Å². The molecule has 0 spiro atoms. The number of carboxylic acid groups (broad SMARTS) is 1. The highest BCUT2D eigenvalue weighted by molar-refractivity contribution is 5.96. The van der Waals surface area contributed by atoms with Crippen molar-refractivity contribution in [3.63, 3.8) is 0 Å². The first-order valence-electron chi connectivity index (χ1n) is 13.4. The molecule has 1 amide bonds. The van der Waals surface area contributed by atoms with E-state index in [1.54, 1.807) is 18.2 Å². The summed E-state index contributed by atoms with van der Waals surface area (Å²) in [5, 5.41) is 9.37. The zero-order chi connectivity index (χ0) is 29.1. The van der Waals surface area contributed by atoms with Gasteiger partial charge in [-0.05, 0) is 84.7 Å². The molecule has 4 rings (SSSR count). The second-order valence-corrected chi connectivity index (χ2v) is 11.2. The number of rotatable bonds is 9. The second-order valence-electron chi connectivity index (χ2n) is 11.2. The highest BCUT2D eigenvalue weighted by atomic mass is 19.4. The molecule has 0 bridgehead atoms. The van der Waals surface area contributed by atoms with Gasteiger partial charge in [0.1, 0.15) is 17.9 Å². The summed E-state index contributed by atoms with van der Waals surface area (Å²) < 4.78 is 45.1. The number of carbonyl (C=O) groups is 2. The quantitative estimate of drug-likeness (QED) is 0.311. The molecule has 1 aliphatic rings. The lowest BCUT2D eigenvalue weighted by atomic mass is 9.86. The van der Waals surface area contributed by atoms with E-state index in [0.29, 0.717) is 29.2 Å². The summed E-state index contributed by atoms with van der Waals surface area (Å²) in [7, 11) is 0. The molecule has 8 heteroatoms. The van der Waals surface area contributed by atoms with E-state index in [1.807, 2.05) is 0 Å². The number of aliphatic carboxylic acids is 1. The fourth-order valence-corrected chi connectivity index (χ4v) is 5.11. The molecule has 0 saturated carbocycles. The monoisotopic (exact) mass is 553 g/mol. The smallest absolute Gasteiger partial charge is 0.416 e. The average Bonchev–Trinajstić information content (AvgIpc) is 2.88. The lowest BCUT2D eigenvalue weighted by Crippen LogP contribution is -2.39. The Morgan fingerprint density at radius 1 is 0.975 bits per heavy atom. The molecule has 1 aliphatic heterocycles. The second kappa shape index (κ2) is 11.7. The van der Waals surface area contributed by atoms with Crippen molar-refractivity contribution in [2.75, 3.05) is 6.54 Å². The first-order chi connectivity index (χ1) is 18.8. The van der Waals surface area contributed by atoms with Gasteiger partial charge in [-0.1, -0.05) is 50.2 Å². The summed E-state index contributed by atoms with van der Waals surface area (Å²) in [5.41, 5.74) is 2.86. The van der Waals surface area contributed by atoms with Crippen molar-refractivity contribution in [2.24, 2.45) is 5.92 Å². The normalized spacial score (nSPS) is 16.8. The van der Waals surface area contributed by atoms with E-state index in [0.717, 1.165) is 41.9 Å². The summed E-state index contributed by atoms with van der Waals surface area (Å²) in [5.74, 6) is -0.442. The van der Waals surface area contributed by atoms with Crippen molar-refractivity contribution in [3.05, 3.63) is 100 Å². The largest absolute Gasteiger partial charge is 0.487 e. The van der Waals surface area contributed by atoms with Crippen LogP contribution in [0.5, 0.6) is 5.75 Å². The molecule has 212 valence electrons. The Kier molecular flexibility index (Phi) is 8.57. The molecule has 5 nitrogen and oxygen atoms in total. The molecule has 1 unspecified atom stereocenters. The highest BCUT2D eigenvalue weighted by Crippen LogP contribution is 2.36. The molecule has 1 heterocycles. The minimum atomic E-state index is -4.48. The molecular weight excluding hydrogens is 519 g/mol. The van der Waals surface area contributed by atoms with Crippen molar-refractivity contribution >= 4 is 11.9 Å². The number of halogens is 3. The van der Waals surface area contributed by atoms with Gasteiger partial charge in [-0.25, -0.2) is 0 Å². The number of fused-ring (bicyclic) bond motifs is 1. The number of hydrogen-bond donors (Lipinski definition) is 1. The molecule has 0 radical (unpaired) electrons. The van der Waals surface area contributed by atoms with Crippen molar-refractivity contribution in [1.82, 2.24) is 4.90 Å². The van der Waals surface area contributed by atoms with Crippen LogP contribution in [-0.4, -0.2) is 34.0 Å². The van der Waals surface area contributed by atoms with Crippen molar-refractivity contribution in [3.8, 4) is 5.75 Å². The Hall–Kier alpha value is -3.81. The van der Waals surface area contributed by atoms with Crippen LogP contribution in [0.25, 0.3) is 0 Å². The fourth-order valence-electron chi connectivity index (χ4n) is 5.11. The van der Waals surface area contributed by atoms with Crippen molar-refractivity contribution in [1.29, 1.82) is 0 Å². The van der Waals surface area contributed by atoms with Crippen LogP contribution < -0.4 is 4.74 Å². The summed E-state index contributed by atoms with van der Waals surface area (Å²) in [6.07, 6.45) is -1.26. The van der Waals surface area contributed by atoms with Gasteiger partial charge in [0.25, 0.3) is 5.91 Å². The summed E-state index contributed by atoms with van der Waals surface area (Å²) in [6, 6.07) is 18.1. The first kappa shape index (κ1) is 29.2. The number of ether oxygens (including phenoxy) is 1. The number of amides is 1. The lowest BCUT2D eigenvalue weighted by Gasteiger charge is -2.36. The van der Waals surface area contributed by atoms with Crippen LogP contribution in [-0.2, 0) is 36.8 Å². The molecule has 0 aliphatic carbocycles. The van der Waals surface area contributed by atoms with Crippen LogP contribution in [0.15, 0.2) is 66.7 Å². The minimum Gasteiger partial charge on any atom is -0.487 e. The van der Waals surface area contributed by atoms with Gasteiger partial charge in [0.15, 0.2) is 0 Å². The standard InChI is InChI=1S/C32H34F3NO4/c1-21(2)16-22-4-6-23(7-5-22)18-31(3)15-14-25-17-26(10-13-28(25)40-31)30(39)36(20-29(37)38)19-24-8-11-27(12-9-24)32(33,34)35/h4-13,17,21H,14-16,18-20H2,1-3H3,(H,37,38). The number of carboxylic acids is 1. The predicted molar refractivity (Wildman–Crippen MR) is 146 cm³/mol. The summed E-state index contributed by atoms with van der Waals surface area (Å²) in [6.45, 7) is 5.76. The Morgan fingerprint density at radius 2 is 1.60 bits per heavy atom. The Morgan fingerprint density at radius 3 is 2.20 bits per heavy atom. The van der Waals surface area contributed by atoms with Gasteiger partial charge < -0.3 is 14.7 Å². The van der Waals surface area contributed by atoms with Gasteiger partial charge in [-0.15, -0.1) is 0 Å². The Bertz CT molecular complexity index is 1350. The van der Waals surface area contributed by atoms with E-state index in [4.69, 9.17) is 4.74 Å². The van der Waals surface area contributed by atoms with E-state index < -0.39 is 35.8 Å². The number of alkyl halides is 3. The van der Waals surface area contributed by atoms with Crippen LogP contribution in [0.2, 0.25) is 0 Å². The maximum Gasteiger partial charge on any atom is 0.416 e. The predicted octanol–water partition coefficient (Wildman–Crippen LogP) is 6.96. The van der Waals surface area contributed by atoms with Gasteiger partial charge >= 0.3 is 12.1 Å². The van der Waals surface area contributed by atoms with Crippen LogP contribution >= 0.6 is 0 Å². The van der Waals surface area contributed by atoms with Gasteiger partial charge in [0, 0.05) is 18.5 Å². The average molecular weight is 554 g/mol. The molecule has 3 aromatic rings. The number of carbonyl (C=O) groups excluding carboxylic acids is 1. The Balaban J connectivity index is 1.46. The molecular formula is C32H34F3NO4. The van der Waals surface area contributed by atoms with Gasteiger partial charge in [-0.2, -0.15) is 13.2 Å². The molecule has 0 aromatic heterocycles. The zero-order valence-corrected chi connectivity index (χ0v) is 22.9. The number of aryl methyl sites for hydroxylation is 1. The van der Waals surface area contributed by atoms with E-state index in [9.17, 15) is 27.9 Å². The fraction of sp³-hybridized carbons (Fsp3) is 0.375. The highest BCUT2D eigenvalue weighted by Gasteiger charge is 2.33.